The van der Waals surface area contributed by atoms with Crippen LogP contribution in [0.4, 0.5) is 0 Å². The van der Waals surface area contributed by atoms with Crippen LogP contribution >= 0.6 is 0 Å². The molecule has 4 heteroatoms. The lowest BCUT2D eigenvalue weighted by molar-refractivity contribution is -0.138. The summed E-state index contributed by atoms with van der Waals surface area (Å²) in [6, 6.07) is 24.3. The minimum absolute atomic E-state index is 0.170. The predicted octanol–water partition coefficient (Wildman–Crippen LogP) is 4.73. The van der Waals surface area contributed by atoms with Gasteiger partial charge in [0.25, 0.3) is 0 Å². The third kappa shape index (κ3) is 5.17. The van der Waals surface area contributed by atoms with Crippen LogP contribution in [0.3, 0.4) is 0 Å². The summed E-state index contributed by atoms with van der Waals surface area (Å²) < 4.78 is 5.20. The Labute approximate surface area is 163 Å². The summed E-state index contributed by atoms with van der Waals surface area (Å²) in [6.45, 7) is 0.170. The van der Waals surface area contributed by atoms with Gasteiger partial charge in [-0.15, -0.1) is 0 Å². The second kappa shape index (κ2) is 9.33. The second-order valence-electron chi connectivity index (χ2n) is 6.28. The van der Waals surface area contributed by atoms with Gasteiger partial charge in [-0.3, -0.25) is 0 Å². The van der Waals surface area contributed by atoms with E-state index in [0.717, 1.165) is 11.1 Å². The van der Waals surface area contributed by atoms with E-state index in [9.17, 15) is 14.7 Å². The van der Waals surface area contributed by atoms with E-state index in [1.807, 2.05) is 60.7 Å². The number of aromatic carboxylic acids is 1. The number of rotatable bonds is 7. The maximum Gasteiger partial charge on any atom is 0.336 e. The first-order chi connectivity index (χ1) is 13.6. The fraction of sp³-hybridized carbons (Fsp3) is 0.0833. The predicted molar refractivity (Wildman–Crippen MR) is 108 cm³/mol. The summed E-state index contributed by atoms with van der Waals surface area (Å²) in [5, 5.41) is 9.69. The van der Waals surface area contributed by atoms with Crippen molar-refractivity contribution in [3.05, 3.63) is 113 Å². The number of ether oxygens (including phenoxy) is 1. The van der Waals surface area contributed by atoms with Gasteiger partial charge in [0.05, 0.1) is 5.56 Å². The van der Waals surface area contributed by atoms with Gasteiger partial charge in [-0.1, -0.05) is 78.9 Å². The van der Waals surface area contributed by atoms with Gasteiger partial charge in [0.2, 0.25) is 0 Å². The van der Waals surface area contributed by atoms with E-state index < -0.39 is 11.9 Å². The molecule has 1 N–H and O–H groups in total. The van der Waals surface area contributed by atoms with E-state index in [1.165, 1.54) is 12.2 Å². The van der Waals surface area contributed by atoms with Gasteiger partial charge in [-0.05, 0) is 34.8 Å². The first-order valence-corrected chi connectivity index (χ1v) is 8.91. The molecular formula is C24H20O4. The molecule has 0 aliphatic rings. The summed E-state index contributed by atoms with van der Waals surface area (Å²) in [6.07, 6.45) is 3.25. The van der Waals surface area contributed by atoms with Crippen LogP contribution in [0.15, 0.2) is 84.9 Å². The maximum absolute atomic E-state index is 12.0. The quantitative estimate of drug-likeness (QED) is 0.481. The van der Waals surface area contributed by atoms with Crippen LogP contribution in [-0.2, 0) is 22.6 Å². The van der Waals surface area contributed by atoms with Gasteiger partial charge in [0.15, 0.2) is 0 Å². The summed E-state index contributed by atoms with van der Waals surface area (Å²) in [5.41, 5.74) is 3.27. The smallest absolute Gasteiger partial charge is 0.336 e. The van der Waals surface area contributed by atoms with Crippen LogP contribution in [0, 0.1) is 0 Å². The second-order valence-corrected chi connectivity index (χ2v) is 6.28. The number of carbonyl (C=O) groups is 2. The van der Waals surface area contributed by atoms with E-state index in [1.54, 1.807) is 18.2 Å². The minimum Gasteiger partial charge on any atom is -0.478 e. The van der Waals surface area contributed by atoms with Crippen molar-refractivity contribution in [3.63, 3.8) is 0 Å². The molecule has 3 aromatic carbocycles. The minimum atomic E-state index is -1.02. The number of hydrogen-bond acceptors (Lipinski definition) is 3. The van der Waals surface area contributed by atoms with E-state index in [-0.39, 0.29) is 12.2 Å². The normalized spacial score (nSPS) is 10.7. The van der Waals surface area contributed by atoms with Gasteiger partial charge in [0.1, 0.15) is 6.61 Å². The van der Waals surface area contributed by atoms with Crippen LogP contribution in [0.2, 0.25) is 0 Å². The van der Waals surface area contributed by atoms with Crippen molar-refractivity contribution in [3.8, 4) is 0 Å². The van der Waals surface area contributed by atoms with Crippen molar-refractivity contribution in [2.24, 2.45) is 0 Å². The van der Waals surface area contributed by atoms with Gasteiger partial charge >= 0.3 is 11.9 Å². The largest absolute Gasteiger partial charge is 0.478 e. The molecule has 0 heterocycles. The standard InChI is InChI=1S/C24H20O4/c25-22(28-17-19-10-5-2-6-11-19)15-14-20-12-7-13-21(23(20)24(26)27)16-18-8-3-1-4-9-18/h1-15H,16-17H2,(H,26,27)/b15-14+. The maximum atomic E-state index is 12.0. The molecule has 0 spiro atoms. The molecule has 0 saturated heterocycles. The number of esters is 1. The number of hydrogen-bond donors (Lipinski definition) is 1. The lowest BCUT2D eigenvalue weighted by atomic mass is 9.95. The van der Waals surface area contributed by atoms with E-state index in [4.69, 9.17) is 4.74 Å². The summed E-state index contributed by atoms with van der Waals surface area (Å²) in [7, 11) is 0. The Morgan fingerprint density at radius 3 is 2.11 bits per heavy atom. The Morgan fingerprint density at radius 2 is 1.46 bits per heavy atom. The lowest BCUT2D eigenvalue weighted by Gasteiger charge is -2.09. The average Bonchev–Trinajstić information content (AvgIpc) is 2.72. The van der Waals surface area contributed by atoms with Gasteiger partial charge in [0, 0.05) is 6.08 Å². The number of benzene rings is 3. The third-order valence-corrected chi connectivity index (χ3v) is 4.26. The van der Waals surface area contributed by atoms with Crippen LogP contribution in [0.1, 0.15) is 32.6 Å². The van der Waals surface area contributed by atoms with Crippen LogP contribution in [0.25, 0.3) is 6.08 Å². The Bertz CT molecular complexity index is 976. The van der Waals surface area contributed by atoms with Crippen LogP contribution in [-0.4, -0.2) is 17.0 Å². The molecule has 0 aromatic heterocycles. The Kier molecular flexibility index (Phi) is 6.37. The van der Waals surface area contributed by atoms with Gasteiger partial charge in [-0.2, -0.15) is 0 Å². The molecule has 0 fully saturated rings. The number of carboxylic acids is 1. The molecule has 0 atom stereocenters. The van der Waals surface area contributed by atoms with Crippen molar-refractivity contribution in [1.29, 1.82) is 0 Å². The molecule has 3 rings (SSSR count). The summed E-state index contributed by atoms with van der Waals surface area (Å²) in [4.78, 5) is 23.8. The molecule has 140 valence electrons. The zero-order valence-electron chi connectivity index (χ0n) is 15.2. The zero-order chi connectivity index (χ0) is 19.8. The summed E-state index contributed by atoms with van der Waals surface area (Å²) in [5.74, 6) is -1.54. The Balaban J connectivity index is 1.75. The third-order valence-electron chi connectivity index (χ3n) is 4.26. The van der Waals surface area contributed by atoms with Crippen molar-refractivity contribution in [2.45, 2.75) is 13.0 Å². The van der Waals surface area contributed by atoms with Crippen molar-refractivity contribution < 1.29 is 19.4 Å². The molecule has 0 aliphatic carbocycles. The highest BCUT2D eigenvalue weighted by molar-refractivity contribution is 5.96. The van der Waals surface area contributed by atoms with Crippen molar-refractivity contribution in [1.82, 2.24) is 0 Å². The van der Waals surface area contributed by atoms with Crippen molar-refractivity contribution in [2.75, 3.05) is 0 Å². The highest BCUT2D eigenvalue weighted by Gasteiger charge is 2.14. The highest BCUT2D eigenvalue weighted by Crippen LogP contribution is 2.20. The number of carbonyl (C=O) groups excluding carboxylic acids is 1. The zero-order valence-corrected chi connectivity index (χ0v) is 15.2. The molecule has 3 aromatic rings. The molecule has 0 saturated carbocycles. The Morgan fingerprint density at radius 1 is 0.821 bits per heavy atom. The molecule has 0 radical (unpaired) electrons. The molecule has 0 unspecified atom stereocenters. The first kappa shape index (κ1) is 19.1. The fourth-order valence-corrected chi connectivity index (χ4v) is 2.92. The molecule has 28 heavy (non-hydrogen) atoms. The van der Waals surface area contributed by atoms with E-state index in [2.05, 4.69) is 0 Å². The molecule has 0 bridgehead atoms. The van der Waals surface area contributed by atoms with Crippen molar-refractivity contribution >= 4 is 18.0 Å². The monoisotopic (exact) mass is 372 g/mol. The molecular weight excluding hydrogens is 352 g/mol. The lowest BCUT2D eigenvalue weighted by Crippen LogP contribution is -2.06. The van der Waals surface area contributed by atoms with Crippen LogP contribution in [0.5, 0.6) is 0 Å². The molecule has 0 amide bonds. The van der Waals surface area contributed by atoms with E-state index in [0.29, 0.717) is 17.5 Å². The number of carboxylic acid groups (broad SMARTS) is 1. The fourth-order valence-electron chi connectivity index (χ4n) is 2.92. The molecule has 4 nitrogen and oxygen atoms in total. The highest BCUT2D eigenvalue weighted by atomic mass is 16.5. The van der Waals surface area contributed by atoms with Crippen LogP contribution < -0.4 is 0 Å². The van der Waals surface area contributed by atoms with E-state index >= 15 is 0 Å². The van der Waals surface area contributed by atoms with Gasteiger partial charge in [-0.25, -0.2) is 9.59 Å². The first-order valence-electron chi connectivity index (χ1n) is 8.91. The Hall–Kier alpha value is -3.66. The van der Waals surface area contributed by atoms with Gasteiger partial charge < -0.3 is 9.84 Å². The summed E-state index contributed by atoms with van der Waals surface area (Å²) >= 11 is 0. The topological polar surface area (TPSA) is 63.6 Å². The molecule has 0 aliphatic heterocycles. The average molecular weight is 372 g/mol. The SMILES string of the molecule is O=C(/C=C/c1cccc(Cc2ccccc2)c1C(=O)O)OCc1ccccc1.